The van der Waals surface area contributed by atoms with Crippen LogP contribution in [0.25, 0.3) is 0 Å². The van der Waals surface area contributed by atoms with Crippen LogP contribution in [0.3, 0.4) is 0 Å². The van der Waals surface area contributed by atoms with E-state index in [2.05, 4.69) is 9.55 Å². The molecular formula is C13H19N3O2. The van der Waals surface area contributed by atoms with Gasteiger partial charge in [-0.05, 0) is 19.3 Å². The van der Waals surface area contributed by atoms with E-state index in [9.17, 15) is 4.79 Å². The van der Waals surface area contributed by atoms with Gasteiger partial charge in [-0.25, -0.2) is 4.98 Å². The molecule has 1 saturated carbocycles. The number of imidazole rings is 1. The van der Waals surface area contributed by atoms with Gasteiger partial charge in [-0.2, -0.15) is 0 Å². The summed E-state index contributed by atoms with van der Waals surface area (Å²) in [7, 11) is 1.68. The number of ether oxygens (including phenoxy) is 1. The summed E-state index contributed by atoms with van der Waals surface area (Å²) in [6, 6.07) is 0. The quantitative estimate of drug-likeness (QED) is 0.808. The molecule has 98 valence electrons. The molecule has 1 aromatic rings. The van der Waals surface area contributed by atoms with Gasteiger partial charge in [0.05, 0.1) is 30.9 Å². The molecule has 1 aromatic heterocycles. The van der Waals surface area contributed by atoms with Crippen LogP contribution in [0.1, 0.15) is 30.7 Å². The van der Waals surface area contributed by atoms with Crippen molar-refractivity contribution in [3.8, 4) is 0 Å². The van der Waals surface area contributed by atoms with Crippen molar-refractivity contribution in [3.05, 3.63) is 17.7 Å². The lowest BCUT2D eigenvalue weighted by molar-refractivity contribution is -0.133. The molecular weight excluding hydrogens is 230 g/mol. The van der Waals surface area contributed by atoms with E-state index in [1.165, 1.54) is 0 Å². The normalized spacial score (nSPS) is 19.5. The second-order valence-electron chi connectivity index (χ2n) is 5.15. The molecule has 5 nitrogen and oxygen atoms in total. The maximum atomic E-state index is 12.2. The van der Waals surface area contributed by atoms with Crippen molar-refractivity contribution in [1.29, 1.82) is 0 Å². The van der Waals surface area contributed by atoms with E-state index >= 15 is 0 Å². The second-order valence-corrected chi connectivity index (χ2v) is 5.15. The van der Waals surface area contributed by atoms with E-state index < -0.39 is 0 Å². The monoisotopic (exact) mass is 249 g/mol. The number of fused-ring (bicyclic) bond motifs is 1. The Bertz CT molecular complexity index is 451. The van der Waals surface area contributed by atoms with Crippen molar-refractivity contribution in [3.63, 3.8) is 0 Å². The summed E-state index contributed by atoms with van der Waals surface area (Å²) in [6.45, 7) is 3.02. The van der Waals surface area contributed by atoms with Crippen molar-refractivity contribution in [2.24, 2.45) is 5.92 Å². The third kappa shape index (κ3) is 2.14. The van der Waals surface area contributed by atoms with Gasteiger partial charge in [0.25, 0.3) is 0 Å². The molecule has 1 fully saturated rings. The summed E-state index contributed by atoms with van der Waals surface area (Å²) in [5.74, 6) is 0.623. The average molecular weight is 249 g/mol. The van der Waals surface area contributed by atoms with Crippen molar-refractivity contribution in [1.82, 2.24) is 14.5 Å². The molecule has 0 spiro atoms. The predicted molar refractivity (Wildman–Crippen MR) is 65.7 cm³/mol. The molecule has 1 amide bonds. The Labute approximate surface area is 107 Å². The summed E-state index contributed by atoms with van der Waals surface area (Å²) >= 11 is 0. The van der Waals surface area contributed by atoms with Gasteiger partial charge < -0.3 is 14.2 Å². The van der Waals surface area contributed by atoms with E-state index in [1.807, 2.05) is 11.2 Å². The molecule has 2 heterocycles. The van der Waals surface area contributed by atoms with Crippen LogP contribution in [-0.2, 0) is 29.2 Å². The smallest absolute Gasteiger partial charge is 0.226 e. The number of carbonyl (C=O) groups excluding carboxylic acids is 1. The fourth-order valence-corrected chi connectivity index (χ4v) is 2.55. The van der Waals surface area contributed by atoms with Crippen LogP contribution in [0, 0.1) is 5.92 Å². The van der Waals surface area contributed by atoms with Crippen LogP contribution in [-0.4, -0.2) is 34.0 Å². The SMILES string of the molecule is COCc1ncn2c1CN(C(=O)C1CC1)CCC2. The molecule has 5 heteroatoms. The molecule has 1 aliphatic heterocycles. The van der Waals surface area contributed by atoms with Gasteiger partial charge in [-0.1, -0.05) is 0 Å². The Kier molecular flexibility index (Phi) is 3.07. The minimum Gasteiger partial charge on any atom is -0.378 e. The summed E-state index contributed by atoms with van der Waals surface area (Å²) in [5, 5.41) is 0. The largest absolute Gasteiger partial charge is 0.378 e. The fourth-order valence-electron chi connectivity index (χ4n) is 2.55. The number of hydrogen-bond donors (Lipinski definition) is 0. The average Bonchev–Trinajstić information content (AvgIpc) is 3.17. The summed E-state index contributed by atoms with van der Waals surface area (Å²) in [6.07, 6.45) is 5.02. The Balaban J connectivity index is 1.81. The highest BCUT2D eigenvalue weighted by Crippen LogP contribution is 2.32. The zero-order valence-corrected chi connectivity index (χ0v) is 10.8. The van der Waals surface area contributed by atoms with Crippen LogP contribution in [0.2, 0.25) is 0 Å². The first-order chi connectivity index (χ1) is 8.79. The molecule has 0 radical (unpaired) electrons. The Morgan fingerprint density at radius 2 is 2.33 bits per heavy atom. The maximum absolute atomic E-state index is 12.2. The van der Waals surface area contributed by atoms with Crippen LogP contribution < -0.4 is 0 Å². The van der Waals surface area contributed by atoms with Crippen LogP contribution in [0.5, 0.6) is 0 Å². The van der Waals surface area contributed by atoms with E-state index in [1.54, 1.807) is 7.11 Å². The molecule has 0 saturated heterocycles. The number of methoxy groups -OCH3 is 1. The number of amides is 1. The molecule has 0 bridgehead atoms. The topological polar surface area (TPSA) is 47.4 Å². The summed E-state index contributed by atoms with van der Waals surface area (Å²) in [5.41, 5.74) is 2.11. The maximum Gasteiger partial charge on any atom is 0.226 e. The first kappa shape index (κ1) is 11.7. The standard InChI is InChI=1S/C13H19N3O2/c1-18-8-11-12-7-15(13(17)10-3-4-10)5-2-6-16(12)9-14-11/h9-10H,2-8H2,1H3. The third-order valence-corrected chi connectivity index (χ3v) is 3.72. The predicted octanol–water partition coefficient (Wildman–Crippen LogP) is 1.17. The first-order valence-electron chi connectivity index (χ1n) is 6.60. The van der Waals surface area contributed by atoms with Crippen LogP contribution >= 0.6 is 0 Å². The van der Waals surface area contributed by atoms with Crippen LogP contribution in [0.4, 0.5) is 0 Å². The Hall–Kier alpha value is -1.36. The molecule has 0 aromatic carbocycles. The molecule has 1 aliphatic carbocycles. The second kappa shape index (κ2) is 4.72. The van der Waals surface area contributed by atoms with E-state index in [0.29, 0.717) is 25.0 Å². The van der Waals surface area contributed by atoms with E-state index in [0.717, 1.165) is 43.7 Å². The van der Waals surface area contributed by atoms with Gasteiger partial charge in [0.15, 0.2) is 0 Å². The highest BCUT2D eigenvalue weighted by atomic mass is 16.5. The number of carbonyl (C=O) groups is 1. The number of hydrogen-bond acceptors (Lipinski definition) is 3. The number of rotatable bonds is 3. The summed E-state index contributed by atoms with van der Waals surface area (Å²) < 4.78 is 7.33. The zero-order chi connectivity index (χ0) is 12.5. The minimum absolute atomic E-state index is 0.297. The summed E-state index contributed by atoms with van der Waals surface area (Å²) in [4.78, 5) is 18.6. The third-order valence-electron chi connectivity index (χ3n) is 3.72. The number of aryl methyl sites for hydroxylation is 1. The van der Waals surface area contributed by atoms with Crippen molar-refractivity contribution >= 4 is 5.91 Å². The minimum atomic E-state index is 0.297. The molecule has 18 heavy (non-hydrogen) atoms. The number of aromatic nitrogens is 2. The molecule has 0 unspecified atom stereocenters. The van der Waals surface area contributed by atoms with Crippen LogP contribution in [0.15, 0.2) is 6.33 Å². The van der Waals surface area contributed by atoms with Gasteiger partial charge in [-0.3, -0.25) is 4.79 Å². The first-order valence-corrected chi connectivity index (χ1v) is 6.60. The van der Waals surface area contributed by atoms with Gasteiger partial charge in [-0.15, -0.1) is 0 Å². The lowest BCUT2D eigenvalue weighted by Gasteiger charge is -2.20. The van der Waals surface area contributed by atoms with E-state index in [4.69, 9.17) is 4.74 Å². The molecule has 0 atom stereocenters. The van der Waals surface area contributed by atoms with Gasteiger partial charge in [0.2, 0.25) is 5.91 Å². The van der Waals surface area contributed by atoms with E-state index in [-0.39, 0.29) is 0 Å². The Morgan fingerprint density at radius 1 is 1.50 bits per heavy atom. The fraction of sp³-hybridized carbons (Fsp3) is 0.692. The highest BCUT2D eigenvalue weighted by Gasteiger charge is 2.34. The van der Waals surface area contributed by atoms with Crippen molar-refractivity contribution in [2.75, 3.05) is 13.7 Å². The molecule has 3 rings (SSSR count). The number of nitrogens with zero attached hydrogens (tertiary/aromatic N) is 3. The molecule has 2 aliphatic rings. The van der Waals surface area contributed by atoms with Gasteiger partial charge >= 0.3 is 0 Å². The lowest BCUT2D eigenvalue weighted by atomic mass is 10.2. The highest BCUT2D eigenvalue weighted by molar-refractivity contribution is 5.81. The van der Waals surface area contributed by atoms with Crippen molar-refractivity contribution in [2.45, 2.75) is 39.0 Å². The lowest BCUT2D eigenvalue weighted by Crippen LogP contribution is -2.32. The molecule has 0 N–H and O–H groups in total. The Morgan fingerprint density at radius 3 is 3.06 bits per heavy atom. The zero-order valence-electron chi connectivity index (χ0n) is 10.8. The van der Waals surface area contributed by atoms with Gasteiger partial charge in [0, 0.05) is 26.1 Å². The van der Waals surface area contributed by atoms with Crippen molar-refractivity contribution < 1.29 is 9.53 Å². The van der Waals surface area contributed by atoms with Gasteiger partial charge in [0.1, 0.15) is 0 Å².